The lowest BCUT2D eigenvalue weighted by atomic mass is 9.97. The standard InChI is InChI=1S/C12H17N3/c1-10-7-8-15(14-10)12-6-4-2-3-5-11(12)9-13/h7-8,11-12H,2-6H2,1H3. The fraction of sp³-hybridized carbons (Fsp3) is 0.667. The Morgan fingerprint density at radius 1 is 1.40 bits per heavy atom. The molecule has 1 saturated carbocycles. The molecule has 3 nitrogen and oxygen atoms in total. The quantitative estimate of drug-likeness (QED) is 0.658. The molecule has 0 amide bonds. The normalized spacial score (nSPS) is 26.9. The molecule has 80 valence electrons. The Hall–Kier alpha value is -1.30. The molecule has 1 heterocycles. The molecule has 3 heteroatoms. The third kappa shape index (κ3) is 2.20. The monoisotopic (exact) mass is 203 g/mol. The van der Waals surface area contributed by atoms with Crippen molar-refractivity contribution in [1.29, 1.82) is 5.26 Å². The number of hydrogen-bond donors (Lipinski definition) is 0. The van der Waals surface area contributed by atoms with Crippen molar-refractivity contribution in [2.45, 2.75) is 45.1 Å². The Bertz CT molecular complexity index is 361. The molecule has 0 radical (unpaired) electrons. The first-order chi connectivity index (χ1) is 7.31. The van der Waals surface area contributed by atoms with Gasteiger partial charge in [0.05, 0.1) is 23.7 Å². The molecule has 0 N–H and O–H groups in total. The van der Waals surface area contributed by atoms with Crippen molar-refractivity contribution in [2.75, 3.05) is 0 Å². The summed E-state index contributed by atoms with van der Waals surface area (Å²) in [6.45, 7) is 1.99. The fourth-order valence-corrected chi connectivity index (χ4v) is 2.37. The maximum atomic E-state index is 9.16. The summed E-state index contributed by atoms with van der Waals surface area (Å²) in [5.74, 6) is 0.145. The zero-order valence-corrected chi connectivity index (χ0v) is 9.19. The Labute approximate surface area is 90.7 Å². The Kier molecular flexibility index (Phi) is 3.05. The molecule has 2 unspecified atom stereocenters. The van der Waals surface area contributed by atoms with Gasteiger partial charge in [-0.15, -0.1) is 0 Å². The summed E-state index contributed by atoms with van der Waals surface area (Å²) < 4.78 is 1.99. The van der Waals surface area contributed by atoms with Gasteiger partial charge in [0, 0.05) is 6.20 Å². The zero-order chi connectivity index (χ0) is 10.7. The molecule has 1 aromatic rings. The molecule has 1 aromatic heterocycles. The average Bonchev–Trinajstić information content (AvgIpc) is 2.54. The smallest absolute Gasteiger partial charge is 0.0687 e. The summed E-state index contributed by atoms with van der Waals surface area (Å²) in [7, 11) is 0. The van der Waals surface area contributed by atoms with Gasteiger partial charge in [-0.1, -0.05) is 19.3 Å². The number of hydrogen-bond acceptors (Lipinski definition) is 2. The molecule has 2 rings (SSSR count). The van der Waals surface area contributed by atoms with Crippen molar-refractivity contribution < 1.29 is 0 Å². The maximum Gasteiger partial charge on any atom is 0.0687 e. The van der Waals surface area contributed by atoms with Crippen LogP contribution in [0.1, 0.15) is 43.8 Å². The second-order valence-corrected chi connectivity index (χ2v) is 4.38. The molecule has 1 aliphatic carbocycles. The predicted octanol–water partition coefficient (Wildman–Crippen LogP) is 2.84. The van der Waals surface area contributed by atoms with Crippen LogP contribution in [0.3, 0.4) is 0 Å². The Morgan fingerprint density at radius 2 is 2.20 bits per heavy atom. The highest BCUT2D eigenvalue weighted by Gasteiger charge is 2.25. The Balaban J connectivity index is 2.20. The molecule has 1 aliphatic rings. The largest absolute Gasteiger partial charge is 0.268 e. The topological polar surface area (TPSA) is 41.6 Å². The van der Waals surface area contributed by atoms with Crippen molar-refractivity contribution in [3.05, 3.63) is 18.0 Å². The summed E-state index contributed by atoms with van der Waals surface area (Å²) in [6, 6.07) is 4.75. The molecule has 0 saturated heterocycles. The minimum atomic E-state index is 0.145. The van der Waals surface area contributed by atoms with Crippen LogP contribution in [0, 0.1) is 24.2 Å². The van der Waals surface area contributed by atoms with Gasteiger partial charge in [0.15, 0.2) is 0 Å². The molecular weight excluding hydrogens is 186 g/mol. The number of nitriles is 1. The van der Waals surface area contributed by atoms with E-state index >= 15 is 0 Å². The van der Waals surface area contributed by atoms with Gasteiger partial charge in [0.1, 0.15) is 0 Å². The van der Waals surface area contributed by atoms with Gasteiger partial charge >= 0.3 is 0 Å². The van der Waals surface area contributed by atoms with Crippen LogP contribution in [0.25, 0.3) is 0 Å². The molecule has 2 atom stereocenters. The third-order valence-corrected chi connectivity index (χ3v) is 3.23. The highest BCUT2D eigenvalue weighted by Crippen LogP contribution is 2.31. The SMILES string of the molecule is Cc1ccn(C2CCCCCC2C#N)n1. The first kappa shape index (κ1) is 10.2. The second kappa shape index (κ2) is 4.48. The van der Waals surface area contributed by atoms with Gasteiger partial charge in [0.2, 0.25) is 0 Å². The predicted molar refractivity (Wildman–Crippen MR) is 58.2 cm³/mol. The second-order valence-electron chi connectivity index (χ2n) is 4.38. The molecule has 15 heavy (non-hydrogen) atoms. The van der Waals surface area contributed by atoms with Crippen LogP contribution in [-0.4, -0.2) is 9.78 Å². The summed E-state index contributed by atoms with van der Waals surface area (Å²) >= 11 is 0. The first-order valence-electron chi connectivity index (χ1n) is 5.72. The van der Waals surface area contributed by atoms with Crippen LogP contribution in [-0.2, 0) is 0 Å². The molecular formula is C12H17N3. The van der Waals surface area contributed by atoms with Crippen LogP contribution >= 0.6 is 0 Å². The lowest BCUT2D eigenvalue weighted by Crippen LogP contribution is -2.17. The van der Waals surface area contributed by atoms with Crippen molar-refractivity contribution >= 4 is 0 Å². The minimum absolute atomic E-state index is 0.145. The average molecular weight is 203 g/mol. The van der Waals surface area contributed by atoms with E-state index in [0.717, 1.165) is 18.5 Å². The van der Waals surface area contributed by atoms with Crippen molar-refractivity contribution in [1.82, 2.24) is 9.78 Å². The zero-order valence-electron chi connectivity index (χ0n) is 9.19. The number of rotatable bonds is 1. The lowest BCUT2D eigenvalue weighted by Gasteiger charge is -2.19. The molecule has 0 bridgehead atoms. The lowest BCUT2D eigenvalue weighted by molar-refractivity contribution is 0.342. The van der Waals surface area contributed by atoms with E-state index in [0.29, 0.717) is 6.04 Å². The number of nitrogens with zero attached hydrogens (tertiary/aromatic N) is 3. The van der Waals surface area contributed by atoms with Crippen molar-refractivity contribution in [3.63, 3.8) is 0 Å². The summed E-state index contributed by atoms with van der Waals surface area (Å²) in [5.41, 5.74) is 1.04. The van der Waals surface area contributed by atoms with E-state index in [9.17, 15) is 0 Å². The molecule has 0 aliphatic heterocycles. The Morgan fingerprint density at radius 3 is 2.87 bits per heavy atom. The van der Waals surface area contributed by atoms with Gasteiger partial charge in [0.25, 0.3) is 0 Å². The van der Waals surface area contributed by atoms with Crippen LogP contribution in [0.5, 0.6) is 0 Å². The van der Waals surface area contributed by atoms with E-state index in [2.05, 4.69) is 11.2 Å². The third-order valence-electron chi connectivity index (χ3n) is 3.23. The van der Waals surface area contributed by atoms with Gasteiger partial charge < -0.3 is 0 Å². The highest BCUT2D eigenvalue weighted by molar-refractivity contribution is 4.99. The summed E-state index contributed by atoms with van der Waals surface area (Å²) in [4.78, 5) is 0. The fourth-order valence-electron chi connectivity index (χ4n) is 2.37. The van der Waals surface area contributed by atoms with Crippen molar-refractivity contribution in [3.8, 4) is 6.07 Å². The minimum Gasteiger partial charge on any atom is -0.268 e. The molecule has 0 spiro atoms. The first-order valence-corrected chi connectivity index (χ1v) is 5.72. The highest BCUT2D eigenvalue weighted by atomic mass is 15.3. The van der Waals surface area contributed by atoms with Crippen LogP contribution in [0.15, 0.2) is 12.3 Å². The van der Waals surface area contributed by atoms with Gasteiger partial charge in [-0.05, 0) is 25.8 Å². The van der Waals surface area contributed by atoms with Crippen molar-refractivity contribution in [2.24, 2.45) is 5.92 Å². The van der Waals surface area contributed by atoms with Gasteiger partial charge in [-0.3, -0.25) is 4.68 Å². The van der Waals surface area contributed by atoms with Gasteiger partial charge in [-0.25, -0.2) is 0 Å². The van der Waals surface area contributed by atoms with E-state index in [-0.39, 0.29) is 5.92 Å². The van der Waals surface area contributed by atoms with Crippen LogP contribution in [0.4, 0.5) is 0 Å². The number of aromatic nitrogens is 2. The van der Waals surface area contributed by atoms with Gasteiger partial charge in [-0.2, -0.15) is 10.4 Å². The van der Waals surface area contributed by atoms with E-state index in [1.165, 1.54) is 19.3 Å². The maximum absolute atomic E-state index is 9.16. The molecule has 1 fully saturated rings. The van der Waals surface area contributed by atoms with E-state index in [1.54, 1.807) is 0 Å². The number of aryl methyl sites for hydroxylation is 1. The van der Waals surface area contributed by atoms with Crippen LogP contribution in [0.2, 0.25) is 0 Å². The summed E-state index contributed by atoms with van der Waals surface area (Å²) in [5, 5.41) is 13.6. The van der Waals surface area contributed by atoms with E-state index in [1.807, 2.05) is 23.9 Å². The van der Waals surface area contributed by atoms with E-state index in [4.69, 9.17) is 5.26 Å². The van der Waals surface area contributed by atoms with E-state index < -0.39 is 0 Å². The van der Waals surface area contributed by atoms with Crippen LogP contribution < -0.4 is 0 Å². The summed E-state index contributed by atoms with van der Waals surface area (Å²) in [6.07, 6.45) is 7.81. The molecule has 0 aromatic carbocycles.